The van der Waals surface area contributed by atoms with Gasteiger partial charge < -0.3 is 5.11 Å². The summed E-state index contributed by atoms with van der Waals surface area (Å²) in [5.74, 6) is 5.24. The first-order chi connectivity index (χ1) is 17.0. The van der Waals surface area contributed by atoms with Gasteiger partial charge in [0.2, 0.25) is 5.12 Å². The van der Waals surface area contributed by atoms with E-state index in [0.717, 1.165) is 59.8 Å². The first-order valence-corrected chi connectivity index (χ1v) is 16.0. The van der Waals surface area contributed by atoms with Gasteiger partial charge in [-0.25, -0.2) is 0 Å². The fourth-order valence-electron chi connectivity index (χ4n) is 9.80. The summed E-state index contributed by atoms with van der Waals surface area (Å²) in [6.45, 7) is 12.6. The van der Waals surface area contributed by atoms with Crippen LogP contribution in [0.2, 0.25) is 0 Å². The maximum absolute atomic E-state index is 12.1. The third kappa shape index (κ3) is 5.87. The van der Waals surface area contributed by atoms with E-state index in [-0.39, 0.29) is 18.0 Å². The van der Waals surface area contributed by atoms with E-state index in [2.05, 4.69) is 39.3 Å². The molecule has 0 saturated heterocycles. The van der Waals surface area contributed by atoms with Gasteiger partial charge in [0.05, 0.1) is 6.42 Å². The monoisotopic (exact) mass is 519 g/mol. The van der Waals surface area contributed by atoms with Gasteiger partial charge in [0.1, 0.15) is 0 Å². The zero-order valence-corrected chi connectivity index (χ0v) is 24.5. The Hall–Kier alpha value is -0.550. The average Bonchev–Trinajstić information content (AvgIpc) is 3.18. The first-order valence-electron chi connectivity index (χ1n) is 15.2. The summed E-state index contributed by atoms with van der Waals surface area (Å²) < 4.78 is 3.43. The van der Waals surface area contributed by atoms with Gasteiger partial charge in [-0.15, -0.1) is 0 Å². The van der Waals surface area contributed by atoms with Crippen molar-refractivity contribution in [2.45, 2.75) is 131 Å². The molecule has 4 rings (SSSR count). The highest BCUT2D eigenvalue weighted by atomic mass is 32.2. The van der Waals surface area contributed by atoms with Crippen molar-refractivity contribution in [2.24, 2.45) is 52.3 Å². The molecule has 0 unspecified atom stereocenters. The molecule has 0 amide bonds. The van der Waals surface area contributed by atoms with Crippen LogP contribution in [0.1, 0.15) is 125 Å². The lowest BCUT2D eigenvalue weighted by Crippen LogP contribution is -2.55. The molecule has 0 aromatic heterocycles. The van der Waals surface area contributed by atoms with E-state index in [1.54, 1.807) is 0 Å². The predicted molar refractivity (Wildman–Crippen MR) is 149 cm³/mol. The van der Waals surface area contributed by atoms with Crippen LogP contribution in [0.25, 0.3) is 0 Å². The van der Waals surface area contributed by atoms with Crippen molar-refractivity contribution >= 4 is 23.0 Å². The molecule has 5 heteroatoms. The van der Waals surface area contributed by atoms with E-state index >= 15 is 0 Å². The fourth-order valence-corrected chi connectivity index (χ4v) is 10.5. The van der Waals surface area contributed by atoms with E-state index in [1.807, 2.05) is 0 Å². The van der Waals surface area contributed by atoms with E-state index in [9.17, 15) is 9.59 Å². The lowest BCUT2D eigenvalue weighted by atomic mass is 9.44. The van der Waals surface area contributed by atoms with E-state index in [1.165, 1.54) is 70.6 Å². The molecule has 36 heavy (non-hydrogen) atoms. The van der Waals surface area contributed by atoms with Gasteiger partial charge in [-0.05, 0) is 122 Å². The Morgan fingerprint density at radius 1 is 0.917 bits per heavy atom. The van der Waals surface area contributed by atoms with Crippen LogP contribution in [0.3, 0.4) is 0 Å². The number of carbonyl (C=O) groups is 2. The van der Waals surface area contributed by atoms with Crippen molar-refractivity contribution in [3.8, 4) is 0 Å². The van der Waals surface area contributed by atoms with Crippen molar-refractivity contribution in [3.63, 3.8) is 0 Å². The third-order valence-corrected chi connectivity index (χ3v) is 12.6. The van der Waals surface area contributed by atoms with E-state index < -0.39 is 5.97 Å². The zero-order chi connectivity index (χ0) is 26.1. The summed E-state index contributed by atoms with van der Waals surface area (Å²) in [6, 6.07) is 0.384. The summed E-state index contributed by atoms with van der Waals surface area (Å²) in [6.07, 6.45) is 16.4. The Bertz CT molecular complexity index is 786. The van der Waals surface area contributed by atoms with Crippen LogP contribution in [0, 0.1) is 52.3 Å². The van der Waals surface area contributed by atoms with Crippen LogP contribution in [-0.2, 0) is 9.59 Å². The molecule has 0 aliphatic heterocycles. The fraction of sp³-hybridized carbons (Fsp3) is 0.935. The van der Waals surface area contributed by atoms with Crippen LogP contribution in [0.4, 0.5) is 0 Å². The van der Waals surface area contributed by atoms with Crippen LogP contribution in [-0.4, -0.2) is 22.2 Å². The Morgan fingerprint density at radius 2 is 1.64 bits per heavy atom. The largest absolute Gasteiger partial charge is 0.481 e. The van der Waals surface area contributed by atoms with Gasteiger partial charge in [-0.2, -0.15) is 0 Å². The molecule has 0 heterocycles. The molecule has 0 radical (unpaired) electrons. The highest BCUT2D eigenvalue weighted by molar-refractivity contribution is 8.12. The van der Waals surface area contributed by atoms with Crippen LogP contribution in [0.5, 0.6) is 0 Å². The molecular weight excluding hydrogens is 466 g/mol. The quantitative estimate of drug-likeness (QED) is 0.285. The zero-order valence-electron chi connectivity index (χ0n) is 23.7. The number of carboxylic acids is 1. The highest BCUT2D eigenvalue weighted by Crippen LogP contribution is 2.68. The highest BCUT2D eigenvalue weighted by Gasteiger charge is 2.60. The Labute approximate surface area is 225 Å². The number of nitrogens with one attached hydrogen (secondary N) is 1. The van der Waals surface area contributed by atoms with Gasteiger partial charge in [0.25, 0.3) is 0 Å². The van der Waals surface area contributed by atoms with Crippen molar-refractivity contribution in [1.29, 1.82) is 0 Å². The SMILES string of the molecule is CC(C)CCC[C@@H](C)[C@H]1CC[C@H]2[C@@H]3CC[C@H]4C[C@H](NSC(=O)CCC(=O)O)CC[C@]4(C)[C@H]3CC[C@]12C. The van der Waals surface area contributed by atoms with Crippen molar-refractivity contribution in [2.75, 3.05) is 0 Å². The number of hydrogen-bond donors (Lipinski definition) is 2. The average molecular weight is 520 g/mol. The lowest BCUT2D eigenvalue weighted by molar-refractivity contribution is -0.137. The number of fused-ring (bicyclic) bond motifs is 5. The Kier molecular flexibility index (Phi) is 9.23. The summed E-state index contributed by atoms with van der Waals surface area (Å²) in [7, 11) is 0. The molecule has 4 nitrogen and oxygen atoms in total. The number of aliphatic carboxylic acids is 1. The standard InChI is InChI=1S/C31H53NO3S/c1-20(2)7-6-8-21(3)25-11-12-26-24-10-9-22-19-23(32-36-29(35)14-13-28(33)34)15-17-30(22,4)27(24)16-18-31(25,26)5/h20-27,32H,6-19H2,1-5H3,(H,33,34)/t21-,22+,23-,24+,25-,26+,27+,30+,31-/m1/s1. The van der Waals surface area contributed by atoms with Gasteiger partial charge in [-0.3, -0.25) is 14.3 Å². The maximum Gasteiger partial charge on any atom is 0.303 e. The molecule has 0 bridgehead atoms. The maximum atomic E-state index is 12.1. The molecule has 4 saturated carbocycles. The minimum atomic E-state index is -0.896. The van der Waals surface area contributed by atoms with Crippen molar-refractivity contribution in [3.05, 3.63) is 0 Å². The smallest absolute Gasteiger partial charge is 0.303 e. The van der Waals surface area contributed by atoms with Gasteiger partial charge in [-0.1, -0.05) is 53.9 Å². The Balaban J connectivity index is 1.33. The number of carboxylic acid groups (broad SMARTS) is 1. The second-order valence-electron chi connectivity index (χ2n) is 14.1. The summed E-state index contributed by atoms with van der Waals surface area (Å²) in [5.41, 5.74) is 1.02. The van der Waals surface area contributed by atoms with Crippen LogP contribution >= 0.6 is 11.9 Å². The normalized spacial score (nSPS) is 40.8. The minimum Gasteiger partial charge on any atom is -0.481 e. The molecule has 4 aliphatic carbocycles. The first kappa shape index (κ1) is 28.5. The number of carbonyl (C=O) groups excluding carboxylic acids is 1. The molecule has 4 fully saturated rings. The Morgan fingerprint density at radius 3 is 2.36 bits per heavy atom. The van der Waals surface area contributed by atoms with Gasteiger partial charge in [0, 0.05) is 12.5 Å². The molecule has 2 N–H and O–H groups in total. The molecule has 0 aromatic carbocycles. The van der Waals surface area contributed by atoms with Gasteiger partial charge in [0.15, 0.2) is 0 Å². The van der Waals surface area contributed by atoms with Crippen molar-refractivity contribution < 1.29 is 14.7 Å². The molecule has 206 valence electrons. The number of hydrogen-bond acceptors (Lipinski definition) is 4. The van der Waals surface area contributed by atoms with Crippen LogP contribution in [0.15, 0.2) is 0 Å². The second-order valence-corrected chi connectivity index (χ2v) is 15.0. The summed E-state index contributed by atoms with van der Waals surface area (Å²) in [5, 5.41) is 8.77. The molecule has 9 atom stereocenters. The molecule has 0 spiro atoms. The lowest BCUT2D eigenvalue weighted by Gasteiger charge is -2.61. The third-order valence-electron chi connectivity index (χ3n) is 11.7. The second kappa shape index (κ2) is 11.7. The van der Waals surface area contributed by atoms with Gasteiger partial charge >= 0.3 is 5.97 Å². The molecule has 4 aliphatic rings. The minimum absolute atomic E-state index is 0.0461. The molecule has 0 aromatic rings. The molecular formula is C31H53NO3S. The summed E-state index contributed by atoms with van der Waals surface area (Å²) in [4.78, 5) is 22.8. The predicted octanol–water partition coefficient (Wildman–Crippen LogP) is 8.11. The topological polar surface area (TPSA) is 66.4 Å². The number of rotatable bonds is 10. The van der Waals surface area contributed by atoms with E-state index in [0.29, 0.717) is 16.9 Å². The van der Waals surface area contributed by atoms with E-state index in [4.69, 9.17) is 5.11 Å². The summed E-state index contributed by atoms with van der Waals surface area (Å²) >= 11 is 1.16. The van der Waals surface area contributed by atoms with Crippen molar-refractivity contribution in [1.82, 2.24) is 4.72 Å². The van der Waals surface area contributed by atoms with Crippen LogP contribution < -0.4 is 4.72 Å².